The van der Waals surface area contributed by atoms with Gasteiger partial charge in [-0.2, -0.15) is 13.2 Å². The van der Waals surface area contributed by atoms with Crippen LogP contribution in [0, 0.1) is 0 Å². The van der Waals surface area contributed by atoms with E-state index in [0.717, 1.165) is 41.3 Å². The highest BCUT2D eigenvalue weighted by Crippen LogP contribution is 2.34. The molecule has 3 N–H and O–H groups in total. The first kappa shape index (κ1) is 24.8. The van der Waals surface area contributed by atoms with E-state index < -0.39 is 17.6 Å². The van der Waals surface area contributed by atoms with Gasteiger partial charge in [0.15, 0.2) is 6.61 Å². The van der Waals surface area contributed by atoms with Gasteiger partial charge in [-0.25, -0.2) is 4.98 Å². The van der Waals surface area contributed by atoms with Crippen molar-refractivity contribution in [3.05, 3.63) is 78.1 Å². The van der Waals surface area contributed by atoms with Crippen LogP contribution in [-0.2, 0) is 17.5 Å². The summed E-state index contributed by atoms with van der Waals surface area (Å²) in [5, 5.41) is 6.70. The van der Waals surface area contributed by atoms with Crippen LogP contribution in [0.1, 0.15) is 11.1 Å². The zero-order chi connectivity index (χ0) is 25.8. The molecule has 5 rings (SSSR count). The van der Waals surface area contributed by atoms with Crippen molar-refractivity contribution in [3.63, 3.8) is 0 Å². The standard InChI is InChI=1S/C27H26F3N5O2/c28-27(29,30)24-14-22(4-1-20(24)16-35-11-9-31-10-12-35)34-25(36)17-37-23-5-2-18(3-6-23)21-13-19-7-8-32-26(19)33-15-21/h1-8,13-15,31H,9-12,16-17H2,(H,32,33)(H,34,36). The maximum absolute atomic E-state index is 13.7. The Labute approximate surface area is 211 Å². The Bertz CT molecular complexity index is 1380. The molecule has 4 aromatic rings. The van der Waals surface area contributed by atoms with Gasteiger partial charge in [-0.15, -0.1) is 0 Å². The first-order valence-electron chi connectivity index (χ1n) is 11.9. The van der Waals surface area contributed by atoms with Crippen LogP contribution in [0.5, 0.6) is 5.75 Å². The van der Waals surface area contributed by atoms with Crippen LogP contribution in [0.2, 0.25) is 0 Å². The molecule has 2 aromatic heterocycles. The van der Waals surface area contributed by atoms with E-state index in [1.54, 1.807) is 18.3 Å². The van der Waals surface area contributed by atoms with Crippen molar-refractivity contribution in [1.29, 1.82) is 0 Å². The number of H-pyrrole nitrogens is 1. The number of piperazine rings is 1. The van der Waals surface area contributed by atoms with E-state index in [0.29, 0.717) is 18.8 Å². The Morgan fingerprint density at radius 2 is 1.81 bits per heavy atom. The second-order valence-corrected chi connectivity index (χ2v) is 8.90. The summed E-state index contributed by atoms with van der Waals surface area (Å²) in [6.07, 6.45) is -0.925. The van der Waals surface area contributed by atoms with Crippen molar-refractivity contribution >= 4 is 22.6 Å². The number of alkyl halides is 3. The number of pyridine rings is 1. The number of halogens is 3. The number of ether oxygens (including phenoxy) is 1. The normalized spacial score (nSPS) is 14.6. The predicted molar refractivity (Wildman–Crippen MR) is 135 cm³/mol. The minimum absolute atomic E-state index is 0.0768. The molecule has 0 unspecified atom stereocenters. The summed E-state index contributed by atoms with van der Waals surface area (Å²) in [5.74, 6) is -0.0777. The second kappa shape index (κ2) is 10.6. The molecule has 2 aromatic carbocycles. The lowest BCUT2D eigenvalue weighted by atomic mass is 10.0. The van der Waals surface area contributed by atoms with Gasteiger partial charge in [-0.1, -0.05) is 18.2 Å². The van der Waals surface area contributed by atoms with E-state index in [9.17, 15) is 18.0 Å². The molecule has 1 fully saturated rings. The number of benzene rings is 2. The fourth-order valence-electron chi connectivity index (χ4n) is 4.35. The Balaban J connectivity index is 1.20. The first-order valence-corrected chi connectivity index (χ1v) is 11.9. The van der Waals surface area contributed by atoms with Crippen LogP contribution < -0.4 is 15.4 Å². The van der Waals surface area contributed by atoms with Gasteiger partial charge in [0, 0.05) is 61.8 Å². The van der Waals surface area contributed by atoms with Gasteiger partial charge in [-0.3, -0.25) is 9.69 Å². The minimum atomic E-state index is -4.52. The molecular weight excluding hydrogens is 483 g/mol. The molecule has 3 heterocycles. The number of amides is 1. The molecule has 1 saturated heterocycles. The highest BCUT2D eigenvalue weighted by Gasteiger charge is 2.34. The molecule has 37 heavy (non-hydrogen) atoms. The number of aromatic nitrogens is 2. The molecule has 7 nitrogen and oxygen atoms in total. The number of hydrogen-bond donors (Lipinski definition) is 3. The number of nitrogens with one attached hydrogen (secondary N) is 3. The average molecular weight is 510 g/mol. The SMILES string of the molecule is O=C(COc1ccc(-c2cnc3[nH]ccc3c2)cc1)Nc1ccc(CN2CCNCC2)c(C(F)(F)F)c1. The number of anilines is 1. The fourth-order valence-corrected chi connectivity index (χ4v) is 4.35. The van der Waals surface area contributed by atoms with Crippen LogP contribution in [0.25, 0.3) is 22.2 Å². The minimum Gasteiger partial charge on any atom is -0.484 e. The quantitative estimate of drug-likeness (QED) is 0.337. The first-order chi connectivity index (χ1) is 17.8. The molecule has 0 saturated carbocycles. The molecule has 0 aliphatic carbocycles. The van der Waals surface area contributed by atoms with Crippen molar-refractivity contribution in [2.24, 2.45) is 0 Å². The van der Waals surface area contributed by atoms with Gasteiger partial charge in [0.25, 0.3) is 5.91 Å². The zero-order valence-corrected chi connectivity index (χ0v) is 19.9. The summed E-state index contributed by atoms with van der Waals surface area (Å²) in [5.41, 5.74) is 2.21. The Morgan fingerprint density at radius 3 is 2.57 bits per heavy atom. The number of carbonyl (C=O) groups is 1. The van der Waals surface area contributed by atoms with E-state index in [2.05, 4.69) is 20.6 Å². The van der Waals surface area contributed by atoms with Crippen molar-refractivity contribution in [1.82, 2.24) is 20.2 Å². The number of fused-ring (bicyclic) bond motifs is 1. The number of carbonyl (C=O) groups excluding carboxylic acids is 1. The van der Waals surface area contributed by atoms with Gasteiger partial charge in [0.2, 0.25) is 0 Å². The molecule has 0 bridgehead atoms. The zero-order valence-electron chi connectivity index (χ0n) is 19.9. The number of hydrogen-bond acceptors (Lipinski definition) is 5. The Kier molecular flexibility index (Phi) is 7.11. The van der Waals surface area contributed by atoms with E-state index in [1.165, 1.54) is 12.1 Å². The fraction of sp³-hybridized carbons (Fsp3) is 0.259. The predicted octanol–water partition coefficient (Wildman–Crippen LogP) is 4.67. The van der Waals surface area contributed by atoms with Gasteiger partial charge in [0.1, 0.15) is 11.4 Å². The smallest absolute Gasteiger partial charge is 0.416 e. The monoisotopic (exact) mass is 509 g/mol. The van der Waals surface area contributed by atoms with Gasteiger partial charge in [0.05, 0.1) is 5.56 Å². The number of aromatic amines is 1. The van der Waals surface area contributed by atoms with Gasteiger partial charge >= 0.3 is 6.18 Å². The van der Waals surface area contributed by atoms with Crippen molar-refractivity contribution in [3.8, 4) is 16.9 Å². The van der Waals surface area contributed by atoms with E-state index in [1.807, 2.05) is 35.4 Å². The maximum Gasteiger partial charge on any atom is 0.416 e. The molecule has 0 atom stereocenters. The summed E-state index contributed by atoms with van der Waals surface area (Å²) in [4.78, 5) is 21.8. The van der Waals surface area contributed by atoms with Crippen molar-refractivity contribution < 1.29 is 22.7 Å². The number of nitrogens with zero attached hydrogens (tertiary/aromatic N) is 2. The lowest BCUT2D eigenvalue weighted by Crippen LogP contribution is -2.43. The highest BCUT2D eigenvalue weighted by atomic mass is 19.4. The third-order valence-electron chi connectivity index (χ3n) is 6.26. The molecule has 1 amide bonds. The third kappa shape index (κ3) is 6.10. The summed E-state index contributed by atoms with van der Waals surface area (Å²) < 4.78 is 46.7. The van der Waals surface area contributed by atoms with Crippen LogP contribution >= 0.6 is 0 Å². The molecule has 0 spiro atoms. The molecule has 192 valence electrons. The molecule has 1 aliphatic rings. The highest BCUT2D eigenvalue weighted by molar-refractivity contribution is 5.92. The van der Waals surface area contributed by atoms with Crippen LogP contribution in [-0.4, -0.2) is 53.6 Å². The van der Waals surface area contributed by atoms with Crippen LogP contribution in [0.4, 0.5) is 18.9 Å². The van der Waals surface area contributed by atoms with E-state index in [-0.39, 0.29) is 24.4 Å². The lowest BCUT2D eigenvalue weighted by molar-refractivity contribution is -0.138. The second-order valence-electron chi connectivity index (χ2n) is 8.90. The molecule has 0 radical (unpaired) electrons. The van der Waals surface area contributed by atoms with E-state index in [4.69, 9.17) is 4.74 Å². The largest absolute Gasteiger partial charge is 0.484 e. The molecule has 1 aliphatic heterocycles. The van der Waals surface area contributed by atoms with Gasteiger partial charge < -0.3 is 20.4 Å². The summed E-state index contributed by atoms with van der Waals surface area (Å²) in [6, 6.07) is 15.1. The summed E-state index contributed by atoms with van der Waals surface area (Å²) in [6.45, 7) is 2.75. The Morgan fingerprint density at radius 1 is 1.03 bits per heavy atom. The maximum atomic E-state index is 13.7. The van der Waals surface area contributed by atoms with Crippen molar-refractivity contribution in [2.75, 3.05) is 38.1 Å². The molecular formula is C27H26F3N5O2. The third-order valence-corrected chi connectivity index (χ3v) is 6.26. The summed E-state index contributed by atoms with van der Waals surface area (Å²) in [7, 11) is 0. The summed E-state index contributed by atoms with van der Waals surface area (Å²) >= 11 is 0. The lowest BCUT2D eigenvalue weighted by Gasteiger charge is -2.28. The van der Waals surface area contributed by atoms with Crippen LogP contribution in [0.15, 0.2) is 67.0 Å². The molecule has 10 heteroatoms. The van der Waals surface area contributed by atoms with Crippen molar-refractivity contribution in [2.45, 2.75) is 12.7 Å². The topological polar surface area (TPSA) is 82.3 Å². The van der Waals surface area contributed by atoms with Crippen LogP contribution in [0.3, 0.4) is 0 Å². The number of rotatable bonds is 7. The Hall–Kier alpha value is -3.89. The van der Waals surface area contributed by atoms with Gasteiger partial charge in [-0.05, 0) is 47.5 Å². The van der Waals surface area contributed by atoms with E-state index >= 15 is 0 Å². The average Bonchev–Trinajstić information content (AvgIpc) is 3.37.